The van der Waals surface area contributed by atoms with Crippen molar-refractivity contribution in [1.82, 2.24) is 14.5 Å². The number of aromatic nitrogens is 2. The number of hydrogen-bond donors (Lipinski definition) is 1. The molecule has 0 spiro atoms. The van der Waals surface area contributed by atoms with Crippen LogP contribution in [-0.2, 0) is 16.1 Å². The number of hydrogen-bond acceptors (Lipinski definition) is 4. The number of methoxy groups -OCH3 is 1. The maximum Gasteiger partial charge on any atom is 0.490 e. The monoisotopic (exact) mass is 537 g/mol. The fourth-order valence-corrected chi connectivity index (χ4v) is 4.39. The van der Waals surface area contributed by atoms with Crippen LogP contribution in [0.15, 0.2) is 85.0 Å². The van der Waals surface area contributed by atoms with Crippen LogP contribution in [0.1, 0.15) is 24.0 Å². The van der Waals surface area contributed by atoms with Crippen LogP contribution in [0.5, 0.6) is 5.75 Å². The highest BCUT2D eigenvalue weighted by Gasteiger charge is 2.38. The summed E-state index contributed by atoms with van der Waals surface area (Å²) >= 11 is 0. The van der Waals surface area contributed by atoms with Crippen LogP contribution in [0.4, 0.5) is 13.2 Å². The highest BCUT2D eigenvalue weighted by atomic mass is 19.4. The summed E-state index contributed by atoms with van der Waals surface area (Å²) in [5, 5.41) is 9.54. The molecule has 0 unspecified atom stereocenters. The molecule has 202 valence electrons. The number of aliphatic carboxylic acids is 1. The van der Waals surface area contributed by atoms with Crippen molar-refractivity contribution >= 4 is 28.7 Å². The van der Waals surface area contributed by atoms with Gasteiger partial charge in [-0.05, 0) is 52.9 Å². The van der Waals surface area contributed by atoms with E-state index in [2.05, 4.69) is 41.4 Å². The van der Waals surface area contributed by atoms with Crippen LogP contribution < -0.4 is 4.74 Å². The Balaban J connectivity index is 0.000000448. The van der Waals surface area contributed by atoms with Gasteiger partial charge in [0.25, 0.3) is 0 Å². The van der Waals surface area contributed by atoms with E-state index in [-0.39, 0.29) is 5.91 Å². The Morgan fingerprint density at radius 3 is 2.56 bits per heavy atom. The Morgan fingerprint density at radius 1 is 1.13 bits per heavy atom. The third-order valence-corrected chi connectivity index (χ3v) is 6.25. The van der Waals surface area contributed by atoms with Crippen LogP contribution in [0, 0.1) is 0 Å². The molecule has 10 heteroatoms. The molecule has 3 aromatic carbocycles. The van der Waals surface area contributed by atoms with Crippen LogP contribution in [0.25, 0.3) is 22.5 Å². The molecule has 1 amide bonds. The number of rotatable bonds is 5. The predicted octanol–water partition coefficient (Wildman–Crippen LogP) is 5.87. The molecule has 0 aliphatic carbocycles. The van der Waals surface area contributed by atoms with E-state index in [0.717, 1.165) is 42.0 Å². The number of benzene rings is 3. The highest BCUT2D eigenvalue weighted by molar-refractivity contribution is 5.99. The quantitative estimate of drug-likeness (QED) is 0.322. The molecular weight excluding hydrogens is 511 g/mol. The van der Waals surface area contributed by atoms with Crippen molar-refractivity contribution in [2.24, 2.45) is 0 Å². The molecular formula is C29H26F3N3O4. The maximum atomic E-state index is 13.3. The van der Waals surface area contributed by atoms with Gasteiger partial charge in [0.15, 0.2) is 0 Å². The summed E-state index contributed by atoms with van der Waals surface area (Å²) in [4.78, 5) is 28.3. The number of carboxylic acid groups (broad SMARTS) is 1. The number of carboxylic acids is 1. The number of alkyl halides is 3. The molecule has 1 aromatic heterocycles. The molecule has 1 aliphatic heterocycles. The van der Waals surface area contributed by atoms with Crippen LogP contribution >= 0.6 is 0 Å². The Hall–Kier alpha value is -4.60. The lowest BCUT2D eigenvalue weighted by Gasteiger charge is -2.29. The lowest BCUT2D eigenvalue weighted by Crippen LogP contribution is -2.36. The number of ether oxygens (including phenoxy) is 1. The highest BCUT2D eigenvalue weighted by Crippen LogP contribution is 2.28. The third-order valence-electron chi connectivity index (χ3n) is 6.25. The summed E-state index contributed by atoms with van der Waals surface area (Å²) in [6.07, 6.45) is 4.03. The van der Waals surface area contributed by atoms with Gasteiger partial charge in [0.2, 0.25) is 5.91 Å². The lowest BCUT2D eigenvalue weighted by molar-refractivity contribution is -0.192. The summed E-state index contributed by atoms with van der Waals surface area (Å²) in [5.74, 6) is -1.90. The van der Waals surface area contributed by atoms with Gasteiger partial charge in [-0.25, -0.2) is 9.78 Å². The third kappa shape index (κ3) is 6.64. The molecule has 1 fully saturated rings. The molecule has 5 rings (SSSR count). The predicted molar refractivity (Wildman–Crippen MR) is 140 cm³/mol. The van der Waals surface area contributed by atoms with E-state index >= 15 is 0 Å². The molecule has 1 N–H and O–H groups in total. The number of imidazole rings is 1. The van der Waals surface area contributed by atoms with E-state index in [1.807, 2.05) is 46.0 Å². The normalized spacial score (nSPS) is 14.7. The van der Waals surface area contributed by atoms with Gasteiger partial charge in [0, 0.05) is 31.1 Å². The zero-order valence-corrected chi connectivity index (χ0v) is 21.1. The zero-order chi connectivity index (χ0) is 28.0. The average Bonchev–Trinajstić information content (AvgIpc) is 3.46. The van der Waals surface area contributed by atoms with Crippen molar-refractivity contribution < 1.29 is 32.6 Å². The van der Waals surface area contributed by atoms with Crippen LogP contribution in [0.2, 0.25) is 0 Å². The van der Waals surface area contributed by atoms with E-state index in [1.54, 1.807) is 19.6 Å². The molecule has 4 aromatic rings. The second-order valence-corrected chi connectivity index (χ2v) is 8.84. The Bertz CT molecular complexity index is 1490. The molecule has 7 nitrogen and oxygen atoms in total. The van der Waals surface area contributed by atoms with E-state index in [4.69, 9.17) is 14.6 Å². The molecule has 0 atom stereocenters. The molecule has 0 saturated carbocycles. The largest absolute Gasteiger partial charge is 0.495 e. The molecule has 1 saturated heterocycles. The molecule has 0 bridgehead atoms. The second-order valence-electron chi connectivity index (χ2n) is 8.84. The number of carbonyl (C=O) groups is 2. The minimum atomic E-state index is -5.08. The SMILES string of the molecule is COc1cc(/C=C2/CCCN(Cc3cccc4ccccc34)C2=O)ccc1-n1ccnc1.O=C(O)C(F)(F)F. The summed E-state index contributed by atoms with van der Waals surface area (Å²) in [5.41, 5.74) is 3.90. The van der Waals surface area contributed by atoms with Gasteiger partial charge in [-0.3, -0.25) is 4.79 Å². The van der Waals surface area contributed by atoms with Gasteiger partial charge in [0.05, 0.1) is 19.1 Å². The smallest absolute Gasteiger partial charge is 0.490 e. The summed E-state index contributed by atoms with van der Waals surface area (Å²) < 4.78 is 39.2. The van der Waals surface area contributed by atoms with Gasteiger partial charge >= 0.3 is 12.1 Å². The minimum absolute atomic E-state index is 0.113. The van der Waals surface area contributed by atoms with Crippen molar-refractivity contribution in [2.75, 3.05) is 13.7 Å². The second kappa shape index (κ2) is 11.8. The Labute approximate surface area is 222 Å². The lowest BCUT2D eigenvalue weighted by atomic mass is 9.98. The van der Waals surface area contributed by atoms with Crippen LogP contribution in [0.3, 0.4) is 0 Å². The first-order valence-corrected chi connectivity index (χ1v) is 12.1. The minimum Gasteiger partial charge on any atom is -0.495 e. The summed E-state index contributed by atoms with van der Waals surface area (Å²) in [6, 6.07) is 20.6. The van der Waals surface area contributed by atoms with Crippen molar-refractivity contribution in [3.05, 3.63) is 96.1 Å². The molecule has 1 aliphatic rings. The Kier molecular flexibility index (Phi) is 8.33. The average molecular weight is 538 g/mol. The van der Waals surface area contributed by atoms with E-state index in [9.17, 15) is 18.0 Å². The fourth-order valence-electron chi connectivity index (χ4n) is 4.39. The van der Waals surface area contributed by atoms with Gasteiger partial charge in [-0.2, -0.15) is 13.2 Å². The number of likely N-dealkylation sites (tertiary alicyclic amines) is 1. The van der Waals surface area contributed by atoms with Gasteiger partial charge in [-0.15, -0.1) is 0 Å². The first-order valence-electron chi connectivity index (χ1n) is 12.1. The fraction of sp³-hybridized carbons (Fsp3) is 0.207. The number of halogens is 3. The van der Waals surface area contributed by atoms with Crippen molar-refractivity contribution in [3.8, 4) is 11.4 Å². The number of piperidine rings is 1. The van der Waals surface area contributed by atoms with Gasteiger partial charge in [0.1, 0.15) is 5.75 Å². The number of fused-ring (bicyclic) bond motifs is 1. The first kappa shape index (κ1) is 27.4. The van der Waals surface area contributed by atoms with Crippen molar-refractivity contribution in [1.29, 1.82) is 0 Å². The first-order chi connectivity index (χ1) is 18.7. The van der Waals surface area contributed by atoms with Gasteiger partial charge in [-0.1, -0.05) is 48.5 Å². The van der Waals surface area contributed by atoms with E-state index in [0.29, 0.717) is 6.54 Å². The zero-order valence-electron chi connectivity index (χ0n) is 21.1. The summed E-state index contributed by atoms with van der Waals surface area (Å²) in [6.45, 7) is 1.41. The number of nitrogens with zero attached hydrogens (tertiary/aromatic N) is 3. The number of amides is 1. The summed E-state index contributed by atoms with van der Waals surface area (Å²) in [7, 11) is 1.66. The topological polar surface area (TPSA) is 84.7 Å². The number of carbonyl (C=O) groups excluding carboxylic acids is 1. The molecule has 0 radical (unpaired) electrons. The van der Waals surface area contributed by atoms with E-state index in [1.165, 1.54) is 16.3 Å². The maximum absolute atomic E-state index is 13.3. The molecule has 39 heavy (non-hydrogen) atoms. The van der Waals surface area contributed by atoms with Crippen molar-refractivity contribution in [3.63, 3.8) is 0 Å². The standard InChI is InChI=1S/C27H25N3O2.C2HF3O2/c1-32-26-17-20(11-12-25(26)30-15-13-28-19-30)16-22-9-5-14-29(27(22)31)18-23-8-4-7-21-6-2-3-10-24(21)23;3-2(4,5)1(6)7/h2-4,6-8,10-13,15-17,19H,5,9,14,18H2,1H3;(H,6,7)/b22-16-;. The van der Waals surface area contributed by atoms with Gasteiger partial charge < -0.3 is 19.3 Å². The Morgan fingerprint density at radius 2 is 1.87 bits per heavy atom. The van der Waals surface area contributed by atoms with Crippen molar-refractivity contribution in [2.45, 2.75) is 25.6 Å². The molecule has 2 heterocycles. The van der Waals surface area contributed by atoms with Crippen LogP contribution in [-0.4, -0.2) is 51.3 Å². The van der Waals surface area contributed by atoms with E-state index < -0.39 is 12.1 Å².